The molecule has 0 aromatic heterocycles. The molecular formula is C17H28N4O3. The van der Waals surface area contributed by atoms with Gasteiger partial charge in [-0.05, 0) is 44.4 Å². The van der Waals surface area contributed by atoms with Crippen LogP contribution in [0.5, 0.6) is 0 Å². The van der Waals surface area contributed by atoms with Gasteiger partial charge in [-0.3, -0.25) is 0 Å². The van der Waals surface area contributed by atoms with Gasteiger partial charge in [-0.25, -0.2) is 9.59 Å². The highest BCUT2D eigenvalue weighted by atomic mass is 16.6. The molecule has 4 aliphatic rings. The van der Waals surface area contributed by atoms with Crippen molar-refractivity contribution >= 4 is 12.1 Å². The molecule has 1 saturated carbocycles. The number of urea groups is 1. The van der Waals surface area contributed by atoms with E-state index in [1.165, 1.54) is 12.8 Å². The molecule has 3 aliphatic heterocycles. The lowest BCUT2D eigenvalue weighted by atomic mass is 9.64. The third kappa shape index (κ3) is 2.72. The van der Waals surface area contributed by atoms with E-state index in [0.29, 0.717) is 18.1 Å². The number of amides is 3. The van der Waals surface area contributed by atoms with Crippen LogP contribution in [-0.2, 0) is 4.74 Å². The first-order chi connectivity index (χ1) is 11.5. The molecule has 0 unspecified atom stereocenters. The number of carbonyl (C=O) groups excluding carboxylic acids is 2. The van der Waals surface area contributed by atoms with Crippen molar-refractivity contribution < 1.29 is 14.3 Å². The molecule has 0 aromatic carbocycles. The van der Waals surface area contributed by atoms with Crippen LogP contribution in [0.3, 0.4) is 0 Å². The van der Waals surface area contributed by atoms with E-state index in [9.17, 15) is 9.59 Å². The second kappa shape index (κ2) is 5.79. The van der Waals surface area contributed by atoms with Gasteiger partial charge < -0.3 is 25.2 Å². The van der Waals surface area contributed by atoms with Crippen LogP contribution in [-0.4, -0.2) is 72.8 Å². The second-order valence-electron chi connectivity index (χ2n) is 8.06. The molecule has 0 radical (unpaired) electrons. The number of hydrogen-bond donors (Lipinski definition) is 2. The lowest BCUT2D eigenvalue weighted by Gasteiger charge is -2.52. The van der Waals surface area contributed by atoms with Crippen molar-refractivity contribution in [3.8, 4) is 0 Å². The Morgan fingerprint density at radius 3 is 2.62 bits per heavy atom. The summed E-state index contributed by atoms with van der Waals surface area (Å²) in [7, 11) is 0. The highest BCUT2D eigenvalue weighted by Gasteiger charge is 2.52. The molecule has 4 rings (SSSR count). The predicted molar refractivity (Wildman–Crippen MR) is 88.7 cm³/mol. The van der Waals surface area contributed by atoms with Crippen molar-refractivity contribution in [2.45, 2.75) is 50.6 Å². The topological polar surface area (TPSA) is 73.9 Å². The van der Waals surface area contributed by atoms with E-state index in [-0.39, 0.29) is 17.7 Å². The summed E-state index contributed by atoms with van der Waals surface area (Å²) in [6.07, 6.45) is 5.41. The molecule has 7 nitrogen and oxygen atoms in total. The molecule has 24 heavy (non-hydrogen) atoms. The smallest absolute Gasteiger partial charge is 0.409 e. The minimum atomic E-state index is -0.151. The Labute approximate surface area is 143 Å². The third-order valence-electron chi connectivity index (χ3n) is 6.54. The van der Waals surface area contributed by atoms with Crippen molar-refractivity contribution in [1.82, 2.24) is 20.4 Å². The number of likely N-dealkylation sites (tertiary alicyclic amines) is 2. The Balaban J connectivity index is 1.25. The van der Waals surface area contributed by atoms with Crippen LogP contribution in [0.15, 0.2) is 0 Å². The summed E-state index contributed by atoms with van der Waals surface area (Å²) in [4.78, 5) is 27.8. The number of piperidine rings is 1. The molecule has 2 N–H and O–H groups in total. The molecule has 0 aromatic rings. The number of nitrogens with one attached hydrogen (secondary N) is 2. The van der Waals surface area contributed by atoms with Gasteiger partial charge >= 0.3 is 12.1 Å². The molecule has 0 bridgehead atoms. The fourth-order valence-electron chi connectivity index (χ4n) is 5.03. The first-order valence-electron chi connectivity index (χ1n) is 9.25. The number of rotatable bonds is 2. The van der Waals surface area contributed by atoms with Crippen LogP contribution < -0.4 is 10.6 Å². The summed E-state index contributed by atoms with van der Waals surface area (Å²) in [6.45, 7) is 6.89. The van der Waals surface area contributed by atoms with Crippen LogP contribution in [0, 0.1) is 5.41 Å². The SMILES string of the molecule is CCOC(=O)N1CCC2(CC(N3CCC4(CC3)CNC(=O)N4)C2)C1. The van der Waals surface area contributed by atoms with Crippen LogP contribution in [0.1, 0.15) is 39.0 Å². The van der Waals surface area contributed by atoms with Crippen molar-refractivity contribution in [2.24, 2.45) is 5.41 Å². The molecule has 4 fully saturated rings. The number of carbonyl (C=O) groups is 2. The fraction of sp³-hybridized carbons (Fsp3) is 0.882. The van der Waals surface area contributed by atoms with Crippen molar-refractivity contribution in [2.75, 3.05) is 39.3 Å². The zero-order valence-electron chi connectivity index (χ0n) is 14.5. The van der Waals surface area contributed by atoms with Gasteiger partial charge in [0, 0.05) is 38.8 Å². The summed E-state index contributed by atoms with van der Waals surface area (Å²) in [6, 6.07) is 0.630. The van der Waals surface area contributed by atoms with Gasteiger partial charge in [-0.15, -0.1) is 0 Å². The zero-order valence-corrected chi connectivity index (χ0v) is 14.5. The maximum atomic E-state index is 11.9. The quantitative estimate of drug-likeness (QED) is 0.793. The summed E-state index contributed by atoms with van der Waals surface area (Å²) >= 11 is 0. The van der Waals surface area contributed by atoms with Gasteiger partial charge in [0.25, 0.3) is 0 Å². The molecule has 134 valence electrons. The number of hydrogen-bond acceptors (Lipinski definition) is 4. The first kappa shape index (κ1) is 16.0. The van der Waals surface area contributed by atoms with E-state index in [1.54, 1.807) is 0 Å². The van der Waals surface area contributed by atoms with E-state index in [1.807, 2.05) is 11.8 Å². The second-order valence-corrected chi connectivity index (χ2v) is 8.06. The van der Waals surface area contributed by atoms with E-state index in [0.717, 1.165) is 52.0 Å². The van der Waals surface area contributed by atoms with Crippen molar-refractivity contribution in [3.63, 3.8) is 0 Å². The molecule has 7 heteroatoms. The minimum Gasteiger partial charge on any atom is -0.450 e. The molecule has 2 spiro atoms. The van der Waals surface area contributed by atoms with Crippen LogP contribution in [0.25, 0.3) is 0 Å². The van der Waals surface area contributed by atoms with Gasteiger partial charge in [0.05, 0.1) is 12.1 Å². The summed E-state index contributed by atoms with van der Waals surface area (Å²) in [5, 5.41) is 6.01. The van der Waals surface area contributed by atoms with Crippen LogP contribution in [0.2, 0.25) is 0 Å². The van der Waals surface area contributed by atoms with Gasteiger partial charge in [0.15, 0.2) is 0 Å². The van der Waals surface area contributed by atoms with Crippen molar-refractivity contribution in [3.05, 3.63) is 0 Å². The molecule has 0 atom stereocenters. The highest BCUT2D eigenvalue weighted by Crippen LogP contribution is 2.50. The van der Waals surface area contributed by atoms with Gasteiger partial charge in [0.1, 0.15) is 0 Å². The number of nitrogens with zero attached hydrogens (tertiary/aromatic N) is 2. The van der Waals surface area contributed by atoms with Gasteiger partial charge in [-0.2, -0.15) is 0 Å². The normalized spacial score (nSPS) is 35.0. The molecule has 3 saturated heterocycles. The predicted octanol–water partition coefficient (Wildman–Crippen LogP) is 1.14. The van der Waals surface area contributed by atoms with Crippen LogP contribution in [0.4, 0.5) is 9.59 Å². The standard InChI is InChI=1S/C17H28N4O3/c1-2-24-15(23)21-6-3-16(12-21)9-13(10-16)20-7-4-17(5-8-20)11-18-14(22)19-17/h13H,2-12H2,1H3,(H2,18,19,22). The Hall–Kier alpha value is -1.50. The van der Waals surface area contributed by atoms with Crippen LogP contribution >= 0.6 is 0 Å². The number of ether oxygens (including phenoxy) is 1. The summed E-state index contributed by atoms with van der Waals surface area (Å²) < 4.78 is 5.13. The van der Waals surface area contributed by atoms with Crippen molar-refractivity contribution in [1.29, 1.82) is 0 Å². The molecule has 3 amide bonds. The Kier molecular flexibility index (Phi) is 3.86. The van der Waals surface area contributed by atoms with E-state index in [2.05, 4.69) is 15.5 Å². The summed E-state index contributed by atoms with van der Waals surface area (Å²) in [5.41, 5.74) is 0.318. The van der Waals surface area contributed by atoms with E-state index >= 15 is 0 Å². The molecule has 1 aliphatic carbocycles. The highest BCUT2D eigenvalue weighted by molar-refractivity contribution is 5.77. The lowest BCUT2D eigenvalue weighted by Crippen LogP contribution is -2.59. The van der Waals surface area contributed by atoms with E-state index < -0.39 is 0 Å². The average Bonchev–Trinajstić information content (AvgIpc) is 3.12. The fourth-order valence-corrected chi connectivity index (χ4v) is 5.03. The molecule has 3 heterocycles. The van der Waals surface area contributed by atoms with Gasteiger partial charge in [-0.1, -0.05) is 0 Å². The zero-order chi connectivity index (χ0) is 16.8. The molecular weight excluding hydrogens is 308 g/mol. The summed E-state index contributed by atoms with van der Waals surface area (Å²) in [5.74, 6) is 0. The maximum absolute atomic E-state index is 11.9. The minimum absolute atomic E-state index is 0.0108. The first-order valence-corrected chi connectivity index (χ1v) is 9.25. The third-order valence-corrected chi connectivity index (χ3v) is 6.54. The monoisotopic (exact) mass is 336 g/mol. The Bertz CT molecular complexity index is 524. The maximum Gasteiger partial charge on any atom is 0.409 e. The van der Waals surface area contributed by atoms with E-state index in [4.69, 9.17) is 4.74 Å². The Morgan fingerprint density at radius 1 is 1.25 bits per heavy atom. The van der Waals surface area contributed by atoms with Gasteiger partial charge in [0.2, 0.25) is 0 Å². The average molecular weight is 336 g/mol. The lowest BCUT2D eigenvalue weighted by molar-refractivity contribution is -0.0129. The Morgan fingerprint density at radius 2 is 2.00 bits per heavy atom. The largest absolute Gasteiger partial charge is 0.450 e.